The van der Waals surface area contributed by atoms with E-state index < -0.39 is 0 Å². The van der Waals surface area contributed by atoms with Gasteiger partial charge in [0.2, 0.25) is 0 Å². The SMILES string of the molecule is O=C(NN=Cc1ccncc1)c1cccnc1. The summed E-state index contributed by atoms with van der Waals surface area (Å²) in [5.74, 6) is -0.289. The van der Waals surface area contributed by atoms with Crippen LogP contribution < -0.4 is 5.43 Å². The first-order chi connectivity index (χ1) is 8.36. The van der Waals surface area contributed by atoms with Gasteiger partial charge >= 0.3 is 0 Å². The third kappa shape index (κ3) is 3.20. The minimum atomic E-state index is -0.289. The number of carbonyl (C=O) groups excluding carboxylic acids is 1. The Bertz CT molecular complexity index is 511. The van der Waals surface area contributed by atoms with Crippen molar-refractivity contribution < 1.29 is 4.79 Å². The minimum absolute atomic E-state index is 0.289. The van der Waals surface area contributed by atoms with Crippen molar-refractivity contribution in [2.24, 2.45) is 5.10 Å². The van der Waals surface area contributed by atoms with Gasteiger partial charge in [0.25, 0.3) is 5.91 Å². The number of amides is 1. The van der Waals surface area contributed by atoms with Gasteiger partial charge in [-0.05, 0) is 29.8 Å². The molecule has 0 bridgehead atoms. The average molecular weight is 226 g/mol. The Balaban J connectivity index is 1.95. The smallest absolute Gasteiger partial charge is 0.267 e. The van der Waals surface area contributed by atoms with Crippen molar-refractivity contribution in [1.82, 2.24) is 15.4 Å². The molecule has 2 aromatic heterocycles. The number of hydrazone groups is 1. The Kier molecular flexibility index (Phi) is 3.54. The summed E-state index contributed by atoms with van der Waals surface area (Å²) in [6.07, 6.45) is 7.96. The highest BCUT2D eigenvalue weighted by molar-refractivity contribution is 5.94. The number of carbonyl (C=O) groups is 1. The van der Waals surface area contributed by atoms with Crippen LogP contribution in [0, 0.1) is 0 Å². The van der Waals surface area contributed by atoms with E-state index in [1.165, 1.54) is 6.20 Å². The van der Waals surface area contributed by atoms with Crippen LogP contribution in [-0.4, -0.2) is 22.1 Å². The summed E-state index contributed by atoms with van der Waals surface area (Å²) < 4.78 is 0. The van der Waals surface area contributed by atoms with Crippen molar-refractivity contribution in [1.29, 1.82) is 0 Å². The number of nitrogens with zero attached hydrogens (tertiary/aromatic N) is 3. The quantitative estimate of drug-likeness (QED) is 0.632. The zero-order valence-corrected chi connectivity index (χ0v) is 8.95. The van der Waals surface area contributed by atoms with Crippen molar-refractivity contribution in [3.63, 3.8) is 0 Å². The second-order valence-corrected chi connectivity index (χ2v) is 3.22. The summed E-state index contributed by atoms with van der Waals surface area (Å²) in [6.45, 7) is 0. The fourth-order valence-electron chi connectivity index (χ4n) is 1.18. The monoisotopic (exact) mass is 226 g/mol. The maximum absolute atomic E-state index is 11.6. The van der Waals surface area contributed by atoms with Gasteiger partial charge in [-0.3, -0.25) is 14.8 Å². The van der Waals surface area contributed by atoms with Crippen LogP contribution >= 0.6 is 0 Å². The largest absolute Gasteiger partial charge is 0.272 e. The topological polar surface area (TPSA) is 67.2 Å². The molecular weight excluding hydrogens is 216 g/mol. The standard InChI is InChI=1S/C12H10N4O/c17-12(11-2-1-5-14-9-11)16-15-8-10-3-6-13-7-4-10/h1-9H,(H,16,17). The van der Waals surface area contributed by atoms with Crippen LogP contribution in [0.2, 0.25) is 0 Å². The van der Waals surface area contributed by atoms with Gasteiger partial charge in [0, 0.05) is 24.8 Å². The highest BCUT2D eigenvalue weighted by Crippen LogP contribution is 1.95. The zero-order chi connectivity index (χ0) is 11.9. The lowest BCUT2D eigenvalue weighted by Gasteiger charge is -1.97. The molecule has 1 N–H and O–H groups in total. The van der Waals surface area contributed by atoms with Crippen LogP contribution in [0.15, 0.2) is 54.2 Å². The molecule has 2 rings (SSSR count). The molecule has 0 radical (unpaired) electrons. The fraction of sp³-hybridized carbons (Fsp3) is 0. The van der Waals surface area contributed by atoms with Gasteiger partial charge in [0.1, 0.15) is 0 Å². The summed E-state index contributed by atoms with van der Waals surface area (Å²) in [5, 5.41) is 3.84. The van der Waals surface area contributed by atoms with Crippen LogP contribution in [0.3, 0.4) is 0 Å². The molecule has 17 heavy (non-hydrogen) atoms. The lowest BCUT2D eigenvalue weighted by Crippen LogP contribution is -2.17. The van der Waals surface area contributed by atoms with Gasteiger partial charge < -0.3 is 0 Å². The molecule has 0 aliphatic carbocycles. The van der Waals surface area contributed by atoms with Crippen molar-refractivity contribution >= 4 is 12.1 Å². The van der Waals surface area contributed by atoms with Gasteiger partial charge in [-0.15, -0.1) is 0 Å². The summed E-state index contributed by atoms with van der Waals surface area (Å²) in [6, 6.07) is 6.95. The second kappa shape index (κ2) is 5.50. The van der Waals surface area contributed by atoms with E-state index in [4.69, 9.17) is 0 Å². The minimum Gasteiger partial charge on any atom is -0.267 e. The average Bonchev–Trinajstić information content (AvgIpc) is 2.41. The van der Waals surface area contributed by atoms with Crippen LogP contribution in [0.4, 0.5) is 0 Å². The third-order valence-electron chi connectivity index (χ3n) is 2.01. The summed E-state index contributed by atoms with van der Waals surface area (Å²) in [4.78, 5) is 19.3. The molecule has 0 aliphatic rings. The van der Waals surface area contributed by atoms with E-state index >= 15 is 0 Å². The Morgan fingerprint density at radius 3 is 2.71 bits per heavy atom. The number of hydrogen-bond donors (Lipinski definition) is 1. The lowest BCUT2D eigenvalue weighted by molar-refractivity contribution is 0.0955. The van der Waals surface area contributed by atoms with Crippen molar-refractivity contribution in [3.05, 3.63) is 60.2 Å². The second-order valence-electron chi connectivity index (χ2n) is 3.22. The summed E-state index contributed by atoms with van der Waals surface area (Å²) in [7, 11) is 0. The molecule has 0 saturated heterocycles. The molecule has 0 unspecified atom stereocenters. The van der Waals surface area contributed by atoms with Gasteiger partial charge in [-0.25, -0.2) is 5.43 Å². The first-order valence-electron chi connectivity index (χ1n) is 5.00. The third-order valence-corrected chi connectivity index (χ3v) is 2.01. The number of aromatic nitrogens is 2. The Hall–Kier alpha value is -2.56. The first-order valence-corrected chi connectivity index (χ1v) is 5.00. The fourth-order valence-corrected chi connectivity index (χ4v) is 1.18. The van der Waals surface area contributed by atoms with Crippen LogP contribution in [0.25, 0.3) is 0 Å². The molecule has 0 aromatic carbocycles. The maximum Gasteiger partial charge on any atom is 0.272 e. The van der Waals surface area contributed by atoms with Crippen LogP contribution in [0.1, 0.15) is 15.9 Å². The highest BCUT2D eigenvalue weighted by atomic mass is 16.2. The van der Waals surface area contributed by atoms with Gasteiger partial charge in [0.05, 0.1) is 11.8 Å². The molecular formula is C12H10N4O. The molecule has 2 heterocycles. The van der Waals surface area contributed by atoms with E-state index in [-0.39, 0.29) is 5.91 Å². The first kappa shape index (κ1) is 10.9. The molecule has 0 atom stereocenters. The predicted molar refractivity (Wildman–Crippen MR) is 63.5 cm³/mol. The molecule has 5 nitrogen and oxygen atoms in total. The van der Waals surface area contributed by atoms with Crippen LogP contribution in [-0.2, 0) is 0 Å². The Morgan fingerprint density at radius 2 is 2.00 bits per heavy atom. The van der Waals surface area contributed by atoms with Crippen molar-refractivity contribution in [3.8, 4) is 0 Å². The molecule has 2 aromatic rings. The normalized spacial score (nSPS) is 10.4. The number of pyridine rings is 2. The van der Waals surface area contributed by atoms with Crippen molar-refractivity contribution in [2.75, 3.05) is 0 Å². The maximum atomic E-state index is 11.6. The van der Waals surface area contributed by atoms with Gasteiger partial charge in [-0.2, -0.15) is 5.10 Å². The summed E-state index contributed by atoms with van der Waals surface area (Å²) >= 11 is 0. The molecule has 1 amide bonds. The molecule has 0 saturated carbocycles. The Morgan fingerprint density at radius 1 is 1.18 bits per heavy atom. The highest BCUT2D eigenvalue weighted by Gasteiger charge is 2.01. The van der Waals surface area contributed by atoms with Gasteiger partial charge in [-0.1, -0.05) is 0 Å². The molecule has 84 valence electrons. The van der Waals surface area contributed by atoms with Gasteiger partial charge in [0.15, 0.2) is 0 Å². The predicted octanol–water partition coefficient (Wildman–Crippen LogP) is 1.24. The van der Waals surface area contributed by atoms with Crippen molar-refractivity contribution in [2.45, 2.75) is 0 Å². The van der Waals surface area contributed by atoms with Crippen LogP contribution in [0.5, 0.6) is 0 Å². The molecule has 0 aliphatic heterocycles. The number of nitrogens with one attached hydrogen (secondary N) is 1. The Labute approximate surface area is 98.2 Å². The molecule has 5 heteroatoms. The summed E-state index contributed by atoms with van der Waals surface area (Å²) in [5.41, 5.74) is 3.76. The van der Waals surface area contributed by atoms with E-state index in [0.717, 1.165) is 5.56 Å². The number of hydrogen-bond acceptors (Lipinski definition) is 4. The van der Waals surface area contributed by atoms with E-state index in [1.807, 2.05) is 0 Å². The number of rotatable bonds is 3. The van der Waals surface area contributed by atoms with E-state index in [9.17, 15) is 4.79 Å². The lowest BCUT2D eigenvalue weighted by atomic mass is 10.3. The van der Waals surface area contributed by atoms with E-state index in [1.54, 1.807) is 49.1 Å². The van der Waals surface area contributed by atoms with E-state index in [2.05, 4.69) is 20.5 Å². The molecule has 0 fully saturated rings. The zero-order valence-electron chi connectivity index (χ0n) is 8.95. The molecule has 0 spiro atoms. The van der Waals surface area contributed by atoms with E-state index in [0.29, 0.717) is 5.56 Å².